The Morgan fingerprint density at radius 3 is 2.46 bits per heavy atom. The number of amides is 1. The Morgan fingerprint density at radius 2 is 1.81 bits per heavy atom. The largest absolute Gasteiger partial charge is 0.496 e. The monoisotopic (exact) mass is 396 g/mol. The summed E-state index contributed by atoms with van der Waals surface area (Å²) in [6.45, 7) is 0.449. The summed E-state index contributed by atoms with van der Waals surface area (Å²) in [4.78, 5) is 12.2. The molecular formula is C18H21ClN2O4S. The molecule has 0 saturated carbocycles. The molecule has 1 N–H and O–H groups in total. The second-order valence-corrected chi connectivity index (χ2v) is 8.03. The van der Waals surface area contributed by atoms with Crippen LogP contribution in [0.5, 0.6) is 5.75 Å². The van der Waals surface area contributed by atoms with Crippen LogP contribution in [-0.4, -0.2) is 45.1 Å². The first-order valence-electron chi connectivity index (χ1n) is 7.92. The van der Waals surface area contributed by atoms with Gasteiger partial charge in [-0.2, -0.15) is 4.31 Å². The van der Waals surface area contributed by atoms with Crippen LogP contribution >= 0.6 is 11.6 Å². The van der Waals surface area contributed by atoms with Crippen LogP contribution in [0.3, 0.4) is 0 Å². The molecule has 0 atom stereocenters. The van der Waals surface area contributed by atoms with E-state index in [1.54, 1.807) is 36.4 Å². The van der Waals surface area contributed by atoms with Gasteiger partial charge >= 0.3 is 0 Å². The number of nitrogens with one attached hydrogen (secondary N) is 1. The molecule has 0 aliphatic carbocycles. The fourth-order valence-electron chi connectivity index (χ4n) is 2.42. The first kappa shape index (κ1) is 20.2. The third-order valence-electron chi connectivity index (χ3n) is 3.77. The molecule has 0 heterocycles. The summed E-state index contributed by atoms with van der Waals surface area (Å²) in [5.74, 6) is 0.266. The predicted octanol–water partition coefficient (Wildman–Crippen LogP) is 2.54. The maximum absolute atomic E-state index is 12.2. The third-order valence-corrected chi connectivity index (χ3v) is 5.35. The molecule has 2 rings (SSSR count). The van der Waals surface area contributed by atoms with Gasteiger partial charge in [0.2, 0.25) is 10.0 Å². The van der Waals surface area contributed by atoms with Crippen molar-refractivity contribution in [1.29, 1.82) is 0 Å². The quantitative estimate of drug-likeness (QED) is 0.744. The first-order valence-corrected chi connectivity index (χ1v) is 10.2. The normalized spacial score (nSPS) is 11.4. The van der Waals surface area contributed by atoms with Gasteiger partial charge in [0.15, 0.2) is 0 Å². The highest BCUT2D eigenvalue weighted by atomic mass is 35.5. The average Bonchev–Trinajstić information content (AvgIpc) is 2.60. The highest BCUT2D eigenvalue weighted by Gasteiger charge is 2.19. The summed E-state index contributed by atoms with van der Waals surface area (Å²) in [6.07, 6.45) is 1.14. The molecule has 0 fully saturated rings. The number of para-hydroxylation sites is 1. The molecule has 0 bridgehead atoms. The van der Waals surface area contributed by atoms with Gasteiger partial charge in [0.05, 0.1) is 24.0 Å². The summed E-state index contributed by atoms with van der Waals surface area (Å²) in [6, 6.07) is 13.9. The molecule has 140 valence electrons. The van der Waals surface area contributed by atoms with E-state index in [1.165, 1.54) is 11.4 Å². The fourth-order valence-corrected chi connectivity index (χ4v) is 3.44. The van der Waals surface area contributed by atoms with Crippen LogP contribution in [0.4, 0.5) is 0 Å². The lowest BCUT2D eigenvalue weighted by Gasteiger charge is -2.21. The number of rotatable bonds is 8. The Balaban J connectivity index is 2.03. The molecule has 0 aliphatic heterocycles. The van der Waals surface area contributed by atoms with E-state index in [0.29, 0.717) is 16.3 Å². The van der Waals surface area contributed by atoms with Gasteiger partial charge < -0.3 is 10.1 Å². The van der Waals surface area contributed by atoms with Gasteiger partial charge in [-0.3, -0.25) is 4.79 Å². The summed E-state index contributed by atoms with van der Waals surface area (Å²) in [5, 5.41) is 3.04. The maximum atomic E-state index is 12.2. The van der Waals surface area contributed by atoms with Gasteiger partial charge in [0.25, 0.3) is 5.91 Å². The Hall–Kier alpha value is -2.09. The van der Waals surface area contributed by atoms with Gasteiger partial charge in [-0.15, -0.1) is 0 Å². The van der Waals surface area contributed by atoms with Crippen LogP contribution < -0.4 is 10.1 Å². The number of hydrogen-bond donors (Lipinski definition) is 1. The Bertz CT molecular complexity index is 871. The zero-order chi connectivity index (χ0) is 19.2. The van der Waals surface area contributed by atoms with Crippen molar-refractivity contribution in [2.75, 3.05) is 26.5 Å². The number of ether oxygens (including phenoxy) is 1. The number of nitrogens with zero attached hydrogens (tertiary/aromatic N) is 1. The molecule has 0 saturated heterocycles. The van der Waals surface area contributed by atoms with Crippen molar-refractivity contribution in [3.05, 3.63) is 64.7 Å². The van der Waals surface area contributed by atoms with Crippen LogP contribution in [0, 0.1) is 0 Å². The number of halogens is 1. The number of hydrogen-bond acceptors (Lipinski definition) is 4. The van der Waals surface area contributed by atoms with Crippen LogP contribution in [0.2, 0.25) is 5.02 Å². The lowest BCUT2D eigenvalue weighted by Crippen LogP contribution is -2.37. The second-order valence-electron chi connectivity index (χ2n) is 5.64. The highest BCUT2D eigenvalue weighted by Crippen LogP contribution is 2.20. The number of sulfonamides is 1. The van der Waals surface area contributed by atoms with Gasteiger partial charge in [0.1, 0.15) is 5.75 Å². The van der Waals surface area contributed by atoms with Crippen LogP contribution in [0.25, 0.3) is 0 Å². The second kappa shape index (κ2) is 9.02. The Morgan fingerprint density at radius 1 is 1.15 bits per heavy atom. The van der Waals surface area contributed by atoms with Crippen molar-refractivity contribution in [1.82, 2.24) is 9.62 Å². The van der Waals surface area contributed by atoms with Crippen LogP contribution in [-0.2, 0) is 16.6 Å². The molecule has 6 nitrogen and oxygen atoms in total. The van der Waals surface area contributed by atoms with Gasteiger partial charge in [-0.25, -0.2) is 8.42 Å². The lowest BCUT2D eigenvalue weighted by atomic mass is 10.2. The molecule has 2 aromatic rings. The lowest BCUT2D eigenvalue weighted by molar-refractivity contribution is 0.0951. The van der Waals surface area contributed by atoms with E-state index in [2.05, 4.69) is 5.32 Å². The maximum Gasteiger partial charge on any atom is 0.252 e. The summed E-state index contributed by atoms with van der Waals surface area (Å²) in [5.41, 5.74) is 1.10. The number of carbonyl (C=O) groups is 1. The Kier molecular flexibility index (Phi) is 7.02. The third kappa shape index (κ3) is 5.45. The van der Waals surface area contributed by atoms with Crippen LogP contribution in [0.1, 0.15) is 15.9 Å². The zero-order valence-corrected chi connectivity index (χ0v) is 16.2. The van der Waals surface area contributed by atoms with Crippen molar-refractivity contribution < 1.29 is 17.9 Å². The number of methoxy groups -OCH3 is 1. The molecule has 0 spiro atoms. The van der Waals surface area contributed by atoms with Gasteiger partial charge in [-0.1, -0.05) is 41.9 Å². The van der Waals surface area contributed by atoms with E-state index >= 15 is 0 Å². The summed E-state index contributed by atoms with van der Waals surface area (Å²) >= 11 is 5.99. The van der Waals surface area contributed by atoms with E-state index < -0.39 is 10.0 Å². The number of carbonyl (C=O) groups excluding carboxylic acids is 1. The molecule has 8 heteroatoms. The molecule has 0 unspecified atom stereocenters. The summed E-state index contributed by atoms with van der Waals surface area (Å²) < 4.78 is 30.7. The summed E-state index contributed by atoms with van der Waals surface area (Å²) in [7, 11) is -1.92. The molecule has 26 heavy (non-hydrogen) atoms. The van der Waals surface area contributed by atoms with E-state index in [1.807, 2.05) is 12.1 Å². The molecule has 0 aromatic heterocycles. The topological polar surface area (TPSA) is 75.7 Å². The molecule has 0 aliphatic rings. The fraction of sp³-hybridized carbons (Fsp3) is 0.278. The molecule has 2 aromatic carbocycles. The standard InChI is InChI=1S/C18H21ClN2O4S/c1-25-17-10-6-3-7-14(17)13-21(26(2,23)24)12-11-20-18(22)15-8-4-5-9-16(15)19/h3-10H,11-13H2,1-2H3,(H,20,22). The van der Waals surface area contributed by atoms with Crippen molar-refractivity contribution in [3.8, 4) is 5.75 Å². The first-order chi connectivity index (χ1) is 12.3. The highest BCUT2D eigenvalue weighted by molar-refractivity contribution is 7.88. The van der Waals surface area contributed by atoms with Crippen LogP contribution in [0.15, 0.2) is 48.5 Å². The van der Waals surface area contributed by atoms with Gasteiger partial charge in [-0.05, 0) is 18.2 Å². The van der Waals surface area contributed by atoms with E-state index in [-0.39, 0.29) is 25.5 Å². The predicted molar refractivity (Wildman–Crippen MR) is 102 cm³/mol. The SMILES string of the molecule is COc1ccccc1CN(CCNC(=O)c1ccccc1Cl)S(C)(=O)=O. The number of benzene rings is 2. The Labute approximate surface area is 158 Å². The van der Waals surface area contributed by atoms with Crippen molar-refractivity contribution in [2.45, 2.75) is 6.54 Å². The minimum atomic E-state index is -3.46. The molecular weight excluding hydrogens is 376 g/mol. The molecule has 0 radical (unpaired) electrons. The minimum absolute atomic E-state index is 0.132. The van der Waals surface area contributed by atoms with Gasteiger partial charge in [0, 0.05) is 25.2 Å². The van der Waals surface area contributed by atoms with Crippen molar-refractivity contribution in [3.63, 3.8) is 0 Å². The minimum Gasteiger partial charge on any atom is -0.496 e. The van der Waals surface area contributed by atoms with E-state index in [4.69, 9.17) is 16.3 Å². The zero-order valence-electron chi connectivity index (χ0n) is 14.6. The van der Waals surface area contributed by atoms with E-state index in [9.17, 15) is 13.2 Å². The average molecular weight is 397 g/mol. The van der Waals surface area contributed by atoms with Crippen molar-refractivity contribution in [2.24, 2.45) is 0 Å². The molecule has 1 amide bonds. The van der Waals surface area contributed by atoms with E-state index in [0.717, 1.165) is 11.8 Å². The van der Waals surface area contributed by atoms with Crippen molar-refractivity contribution >= 4 is 27.5 Å². The smallest absolute Gasteiger partial charge is 0.252 e.